The number of benzene rings is 1. The molecule has 0 spiro atoms. The Labute approximate surface area is 132 Å². The van der Waals surface area contributed by atoms with Gasteiger partial charge in [0, 0.05) is 5.56 Å². The van der Waals surface area contributed by atoms with Gasteiger partial charge in [-0.1, -0.05) is 0 Å². The van der Waals surface area contributed by atoms with Gasteiger partial charge in [0.05, 0.1) is 18.3 Å². The van der Waals surface area contributed by atoms with Crippen molar-refractivity contribution in [3.05, 3.63) is 28.8 Å². The van der Waals surface area contributed by atoms with Gasteiger partial charge >= 0.3 is 5.97 Å². The monoisotopic (exact) mass is 328 g/mol. The molecule has 5 atom stereocenters. The molecule has 0 aliphatic carbocycles. The zero-order valence-corrected chi connectivity index (χ0v) is 12.7. The first-order valence-electron chi connectivity index (χ1n) is 7.10. The number of hydrogen-bond acceptors (Lipinski definition) is 7. The number of rotatable bonds is 4. The van der Waals surface area contributed by atoms with E-state index in [2.05, 4.69) is 0 Å². The molecule has 0 aromatic heterocycles. The number of aromatic carboxylic acids is 1. The molecule has 0 amide bonds. The van der Waals surface area contributed by atoms with Crippen molar-refractivity contribution in [3.8, 4) is 5.75 Å². The van der Waals surface area contributed by atoms with Gasteiger partial charge in [0.15, 0.2) is 0 Å². The largest absolute Gasteiger partial charge is 0.478 e. The molecule has 8 heteroatoms. The molecule has 128 valence electrons. The molecule has 1 aliphatic rings. The quantitative estimate of drug-likeness (QED) is 0.494. The molecule has 2 rings (SSSR count). The van der Waals surface area contributed by atoms with Crippen molar-refractivity contribution in [3.63, 3.8) is 0 Å². The van der Waals surface area contributed by atoms with Crippen molar-refractivity contribution < 1.29 is 39.8 Å². The van der Waals surface area contributed by atoms with Crippen molar-refractivity contribution in [1.29, 1.82) is 0 Å². The maximum Gasteiger partial charge on any atom is 0.335 e. The van der Waals surface area contributed by atoms with Gasteiger partial charge in [-0.3, -0.25) is 0 Å². The molecule has 0 radical (unpaired) electrons. The minimum atomic E-state index is -1.49. The molecular formula is C15H20O8. The van der Waals surface area contributed by atoms with Crippen LogP contribution < -0.4 is 4.74 Å². The maximum absolute atomic E-state index is 11.0. The molecule has 1 aliphatic heterocycles. The Hall–Kier alpha value is -1.71. The number of carboxylic acid groups (broad SMARTS) is 1. The zero-order chi connectivity index (χ0) is 17.3. The summed E-state index contributed by atoms with van der Waals surface area (Å²) in [6.07, 6.45) is -6.22. The summed E-state index contributed by atoms with van der Waals surface area (Å²) >= 11 is 0. The minimum Gasteiger partial charge on any atom is -0.478 e. The van der Waals surface area contributed by atoms with Gasteiger partial charge in [-0.25, -0.2) is 4.79 Å². The standard InChI is InChI=1S/C15H20O8/c1-6-3-8(14(20)21)4-9(5-16)13(6)23-15-12(19)11(18)10(17)7(2)22-15/h3-4,7,10-12,15-19H,5H2,1-2H3,(H,20,21)/t7-,10-,11+,12+,15-/m0/s1. The molecule has 8 nitrogen and oxygen atoms in total. The predicted molar refractivity (Wildman–Crippen MR) is 77.0 cm³/mol. The van der Waals surface area contributed by atoms with Crippen LogP contribution in [0, 0.1) is 6.92 Å². The van der Waals surface area contributed by atoms with Gasteiger partial charge in [-0.15, -0.1) is 0 Å². The van der Waals surface area contributed by atoms with Crippen molar-refractivity contribution in [2.24, 2.45) is 0 Å². The van der Waals surface area contributed by atoms with Crippen LogP contribution in [0.25, 0.3) is 0 Å². The normalized spacial score (nSPS) is 31.0. The highest BCUT2D eigenvalue weighted by Gasteiger charge is 2.43. The maximum atomic E-state index is 11.0. The van der Waals surface area contributed by atoms with E-state index in [9.17, 15) is 25.2 Å². The lowest BCUT2D eigenvalue weighted by Crippen LogP contribution is -2.58. The zero-order valence-electron chi connectivity index (χ0n) is 12.7. The first kappa shape index (κ1) is 17.6. The molecule has 23 heavy (non-hydrogen) atoms. The Morgan fingerprint density at radius 1 is 1.22 bits per heavy atom. The summed E-state index contributed by atoms with van der Waals surface area (Å²) in [6.45, 7) is 2.63. The molecule has 1 fully saturated rings. The summed E-state index contributed by atoms with van der Waals surface area (Å²) in [5.74, 6) is -0.979. The Kier molecular flexibility index (Phi) is 5.23. The molecule has 1 aromatic carbocycles. The molecule has 1 saturated heterocycles. The third kappa shape index (κ3) is 3.46. The second kappa shape index (κ2) is 6.81. The predicted octanol–water partition coefficient (Wildman–Crippen LogP) is -0.608. The number of carbonyl (C=O) groups is 1. The van der Waals surface area contributed by atoms with E-state index in [1.807, 2.05) is 0 Å². The fraction of sp³-hybridized carbons (Fsp3) is 0.533. The van der Waals surface area contributed by atoms with E-state index in [1.54, 1.807) is 6.92 Å². The average Bonchev–Trinajstić information content (AvgIpc) is 2.51. The van der Waals surface area contributed by atoms with Gasteiger partial charge in [0.2, 0.25) is 6.29 Å². The Bertz CT molecular complexity index is 587. The smallest absolute Gasteiger partial charge is 0.335 e. The SMILES string of the molecule is Cc1cc(C(=O)O)cc(CO)c1O[C@@H]1O[C@@H](C)[C@H](O)[C@@H](O)[C@H]1O. The van der Waals surface area contributed by atoms with Crippen LogP contribution in [0.3, 0.4) is 0 Å². The van der Waals surface area contributed by atoms with Gasteiger partial charge in [0.25, 0.3) is 0 Å². The van der Waals surface area contributed by atoms with Crippen LogP contribution >= 0.6 is 0 Å². The van der Waals surface area contributed by atoms with Crippen molar-refractivity contribution in [2.45, 2.75) is 51.2 Å². The van der Waals surface area contributed by atoms with E-state index in [4.69, 9.17) is 14.6 Å². The van der Waals surface area contributed by atoms with Crippen LogP contribution in [-0.2, 0) is 11.3 Å². The second-order valence-electron chi connectivity index (χ2n) is 5.54. The highest BCUT2D eigenvalue weighted by Crippen LogP contribution is 2.30. The third-order valence-corrected chi connectivity index (χ3v) is 3.81. The molecule has 1 aromatic rings. The molecule has 0 unspecified atom stereocenters. The van der Waals surface area contributed by atoms with E-state index in [0.29, 0.717) is 5.56 Å². The van der Waals surface area contributed by atoms with Gasteiger partial charge in [-0.05, 0) is 31.5 Å². The summed E-state index contributed by atoms with van der Waals surface area (Å²) in [4.78, 5) is 11.0. The molecule has 0 bridgehead atoms. The van der Waals surface area contributed by atoms with E-state index in [1.165, 1.54) is 19.1 Å². The van der Waals surface area contributed by atoms with Crippen molar-refractivity contribution in [1.82, 2.24) is 0 Å². The Morgan fingerprint density at radius 3 is 2.43 bits per heavy atom. The van der Waals surface area contributed by atoms with Crippen molar-refractivity contribution in [2.75, 3.05) is 0 Å². The van der Waals surface area contributed by atoms with Crippen LogP contribution in [0.2, 0.25) is 0 Å². The number of aliphatic hydroxyl groups is 4. The molecule has 0 saturated carbocycles. The lowest BCUT2D eigenvalue weighted by Gasteiger charge is -2.39. The van der Waals surface area contributed by atoms with Gasteiger partial charge in [0.1, 0.15) is 24.1 Å². The average molecular weight is 328 g/mol. The number of carboxylic acids is 1. The van der Waals surface area contributed by atoms with Gasteiger partial charge < -0.3 is 35.0 Å². The van der Waals surface area contributed by atoms with Crippen LogP contribution in [0.15, 0.2) is 12.1 Å². The number of ether oxygens (including phenoxy) is 2. The lowest BCUT2D eigenvalue weighted by molar-refractivity contribution is -0.268. The molecular weight excluding hydrogens is 308 g/mol. The lowest BCUT2D eigenvalue weighted by atomic mass is 10.00. The fourth-order valence-corrected chi connectivity index (χ4v) is 2.48. The first-order chi connectivity index (χ1) is 10.8. The summed E-state index contributed by atoms with van der Waals surface area (Å²) in [5, 5.41) is 47.9. The summed E-state index contributed by atoms with van der Waals surface area (Å²) in [7, 11) is 0. The van der Waals surface area contributed by atoms with Crippen molar-refractivity contribution >= 4 is 5.97 Å². The highest BCUT2D eigenvalue weighted by molar-refractivity contribution is 5.88. The van der Waals surface area contributed by atoms with E-state index < -0.39 is 43.3 Å². The van der Waals surface area contributed by atoms with E-state index in [0.717, 1.165) is 0 Å². The van der Waals surface area contributed by atoms with Crippen LogP contribution in [-0.4, -0.2) is 62.2 Å². The van der Waals surface area contributed by atoms with Crippen LogP contribution in [0.4, 0.5) is 0 Å². The Morgan fingerprint density at radius 2 is 1.87 bits per heavy atom. The Balaban J connectivity index is 2.30. The fourth-order valence-electron chi connectivity index (χ4n) is 2.48. The minimum absolute atomic E-state index is 0.00663. The van der Waals surface area contributed by atoms with E-state index in [-0.39, 0.29) is 16.9 Å². The summed E-state index contributed by atoms with van der Waals surface area (Å²) in [5.41, 5.74) is 0.636. The summed E-state index contributed by atoms with van der Waals surface area (Å²) < 4.78 is 10.9. The van der Waals surface area contributed by atoms with Crippen LogP contribution in [0.1, 0.15) is 28.4 Å². The van der Waals surface area contributed by atoms with Crippen LogP contribution in [0.5, 0.6) is 5.75 Å². The molecule has 1 heterocycles. The topological polar surface area (TPSA) is 137 Å². The molecule has 5 N–H and O–H groups in total. The number of aryl methyl sites for hydroxylation is 1. The third-order valence-electron chi connectivity index (χ3n) is 3.81. The second-order valence-corrected chi connectivity index (χ2v) is 5.54. The van der Waals surface area contributed by atoms with E-state index >= 15 is 0 Å². The number of aliphatic hydroxyl groups excluding tert-OH is 4. The number of hydrogen-bond donors (Lipinski definition) is 5. The van der Waals surface area contributed by atoms with Gasteiger partial charge in [-0.2, -0.15) is 0 Å². The summed E-state index contributed by atoms with van der Waals surface area (Å²) in [6, 6.07) is 2.62. The first-order valence-corrected chi connectivity index (χ1v) is 7.10. The highest BCUT2D eigenvalue weighted by atomic mass is 16.7.